The Labute approximate surface area is 200 Å². The number of Topliss-reactive ketones (excluding diaryl/α,β-unsaturated/α-hetero) is 1. The third-order valence-corrected chi connectivity index (χ3v) is 6.08. The zero-order valence-electron chi connectivity index (χ0n) is 18.2. The summed E-state index contributed by atoms with van der Waals surface area (Å²) in [6.07, 6.45) is 13.8. The minimum absolute atomic E-state index is 0.0233. The van der Waals surface area contributed by atoms with E-state index in [1.54, 1.807) is 0 Å². The molecule has 1 heterocycles. The molecule has 0 spiro atoms. The van der Waals surface area contributed by atoms with Crippen molar-refractivity contribution in [2.45, 2.75) is 84.0 Å². The van der Waals surface area contributed by atoms with Gasteiger partial charge in [-0.1, -0.05) is 106 Å². The van der Waals surface area contributed by atoms with Crippen molar-refractivity contribution in [2.75, 3.05) is 11.6 Å². The van der Waals surface area contributed by atoms with Gasteiger partial charge in [0.15, 0.2) is 5.84 Å². The molecule has 5 nitrogen and oxygen atoms in total. The van der Waals surface area contributed by atoms with Gasteiger partial charge in [0.25, 0.3) is 0 Å². The summed E-state index contributed by atoms with van der Waals surface area (Å²) in [7, 11) is 0. The topological polar surface area (TPSA) is 61.8 Å². The summed E-state index contributed by atoms with van der Waals surface area (Å²) in [6.45, 7) is 2.20. The molecule has 0 saturated heterocycles. The van der Waals surface area contributed by atoms with Gasteiger partial charge in [-0.3, -0.25) is 14.6 Å². The predicted octanol–water partition coefficient (Wildman–Crippen LogP) is 7.17. The number of unbranched alkanes of at least 4 members (excludes halogenated alkanes) is 10. The Hall–Kier alpha value is -1.30. The predicted molar refractivity (Wildman–Crippen MR) is 130 cm³/mol. The number of anilines is 1. The number of carbonyl (C=O) groups excluding carboxylic acids is 2. The van der Waals surface area contributed by atoms with E-state index in [9.17, 15) is 9.59 Å². The molecule has 1 aromatic carbocycles. The maximum Gasteiger partial charge on any atom is 0.225 e. The van der Waals surface area contributed by atoms with E-state index in [0.717, 1.165) is 19.3 Å². The minimum Gasteiger partial charge on any atom is -0.306 e. The van der Waals surface area contributed by atoms with E-state index in [-0.39, 0.29) is 24.1 Å². The molecule has 172 valence electrons. The standard InChI is InChI=1S/C23H32Cl3N3O2/c1-2-3-4-5-6-7-8-9-10-11-12-13-21(31)27-23-20(30)16-29(28-23)22-18(25)14-17(24)15-19(22)26/h14-15H,2-13,16H2,1H3,(H,27,28,31). The van der Waals surface area contributed by atoms with Crippen LogP contribution in [0.5, 0.6) is 0 Å². The molecular weight excluding hydrogens is 457 g/mol. The van der Waals surface area contributed by atoms with E-state index >= 15 is 0 Å². The molecule has 31 heavy (non-hydrogen) atoms. The number of amides is 1. The van der Waals surface area contributed by atoms with Gasteiger partial charge in [0, 0.05) is 11.4 Å². The molecule has 1 N–H and O–H groups in total. The van der Waals surface area contributed by atoms with Gasteiger partial charge in [0.05, 0.1) is 15.7 Å². The number of nitrogens with zero attached hydrogens (tertiary/aromatic N) is 2. The molecule has 1 aliphatic rings. The van der Waals surface area contributed by atoms with E-state index in [1.807, 2.05) is 0 Å². The fraction of sp³-hybridized carbons (Fsp3) is 0.609. The number of halogens is 3. The molecule has 2 rings (SSSR count). The van der Waals surface area contributed by atoms with E-state index in [4.69, 9.17) is 34.8 Å². The third-order valence-electron chi connectivity index (χ3n) is 5.28. The Balaban J connectivity index is 1.66. The largest absolute Gasteiger partial charge is 0.306 e. The van der Waals surface area contributed by atoms with Gasteiger partial charge in [0.1, 0.15) is 6.54 Å². The van der Waals surface area contributed by atoms with Gasteiger partial charge in [0.2, 0.25) is 11.7 Å². The van der Waals surface area contributed by atoms with Crippen LogP contribution in [0.25, 0.3) is 0 Å². The Bertz CT molecular complexity index is 760. The highest BCUT2D eigenvalue weighted by atomic mass is 35.5. The normalized spacial score (nSPS) is 13.6. The zero-order chi connectivity index (χ0) is 22.6. The number of amidine groups is 1. The van der Waals surface area contributed by atoms with Crippen LogP contribution in [0.15, 0.2) is 17.2 Å². The quantitative estimate of drug-likeness (QED) is 0.299. The van der Waals surface area contributed by atoms with Gasteiger partial charge < -0.3 is 5.32 Å². The van der Waals surface area contributed by atoms with Gasteiger partial charge in [-0.25, -0.2) is 0 Å². The number of ketones is 1. The second kappa shape index (κ2) is 14.0. The second-order valence-electron chi connectivity index (χ2n) is 7.98. The Morgan fingerprint density at radius 2 is 1.45 bits per heavy atom. The molecule has 0 saturated carbocycles. The van der Waals surface area contributed by atoms with Crippen LogP contribution in [0.3, 0.4) is 0 Å². The van der Waals surface area contributed by atoms with Crippen molar-refractivity contribution in [3.63, 3.8) is 0 Å². The number of benzene rings is 1. The molecular formula is C23H32Cl3N3O2. The lowest BCUT2D eigenvalue weighted by Crippen LogP contribution is -2.34. The van der Waals surface area contributed by atoms with E-state index in [2.05, 4.69) is 17.3 Å². The zero-order valence-corrected chi connectivity index (χ0v) is 20.5. The lowest BCUT2D eigenvalue weighted by Gasteiger charge is -2.16. The van der Waals surface area contributed by atoms with E-state index in [0.29, 0.717) is 27.2 Å². The summed E-state index contributed by atoms with van der Waals surface area (Å²) in [4.78, 5) is 24.4. The number of hydrogen-bond acceptors (Lipinski definition) is 4. The minimum atomic E-state index is -0.283. The molecule has 0 aliphatic carbocycles. The number of hydrazone groups is 1. The summed E-state index contributed by atoms with van der Waals surface area (Å²) in [6, 6.07) is 3.07. The molecule has 0 unspecified atom stereocenters. The van der Waals surface area contributed by atoms with Crippen LogP contribution in [0.1, 0.15) is 84.0 Å². The molecule has 0 bridgehead atoms. The van der Waals surface area contributed by atoms with Gasteiger partial charge in [-0.15, -0.1) is 5.10 Å². The summed E-state index contributed by atoms with van der Waals surface area (Å²) in [5.41, 5.74) is 0.399. The van der Waals surface area contributed by atoms with Crippen molar-refractivity contribution in [2.24, 2.45) is 5.10 Å². The summed E-state index contributed by atoms with van der Waals surface area (Å²) in [5.74, 6) is -0.456. The SMILES string of the molecule is CCCCCCCCCCCCCC(=O)NC1=NN(c2c(Cl)cc(Cl)cc2Cl)CC1=O. The fourth-order valence-corrected chi connectivity index (χ4v) is 4.58. The second-order valence-corrected chi connectivity index (χ2v) is 9.23. The summed E-state index contributed by atoms with van der Waals surface area (Å²) >= 11 is 18.3. The van der Waals surface area contributed by atoms with Gasteiger partial charge >= 0.3 is 0 Å². The first-order valence-corrected chi connectivity index (χ1v) is 12.4. The van der Waals surface area contributed by atoms with Crippen molar-refractivity contribution in [3.05, 3.63) is 27.2 Å². The van der Waals surface area contributed by atoms with Crippen molar-refractivity contribution in [3.8, 4) is 0 Å². The maximum absolute atomic E-state index is 12.2. The number of hydrogen-bond donors (Lipinski definition) is 1. The molecule has 1 aromatic rings. The average molecular weight is 489 g/mol. The van der Waals surface area contributed by atoms with Crippen LogP contribution < -0.4 is 10.3 Å². The van der Waals surface area contributed by atoms with Crippen LogP contribution in [0.4, 0.5) is 5.69 Å². The number of nitrogens with one attached hydrogen (secondary N) is 1. The first-order valence-electron chi connectivity index (χ1n) is 11.3. The van der Waals surface area contributed by atoms with Crippen molar-refractivity contribution >= 4 is 58.0 Å². The van der Waals surface area contributed by atoms with Crippen LogP contribution >= 0.6 is 34.8 Å². The highest BCUT2D eigenvalue weighted by Gasteiger charge is 2.28. The Morgan fingerprint density at radius 1 is 0.935 bits per heavy atom. The number of rotatable bonds is 13. The third kappa shape index (κ3) is 8.99. The molecule has 0 atom stereocenters. The highest BCUT2D eigenvalue weighted by Crippen LogP contribution is 2.37. The Morgan fingerprint density at radius 3 is 2.00 bits per heavy atom. The fourth-order valence-electron chi connectivity index (χ4n) is 3.57. The van der Waals surface area contributed by atoms with Crippen LogP contribution in [0.2, 0.25) is 15.1 Å². The molecule has 0 radical (unpaired) electrons. The lowest BCUT2D eigenvalue weighted by molar-refractivity contribution is -0.120. The number of carbonyl (C=O) groups is 2. The smallest absolute Gasteiger partial charge is 0.225 e. The molecule has 8 heteroatoms. The summed E-state index contributed by atoms with van der Waals surface area (Å²) < 4.78 is 0. The van der Waals surface area contributed by atoms with Crippen molar-refractivity contribution < 1.29 is 9.59 Å². The first kappa shape index (κ1) is 26.0. The van der Waals surface area contributed by atoms with Gasteiger partial charge in [-0.2, -0.15) is 0 Å². The molecule has 1 aliphatic heterocycles. The maximum atomic E-state index is 12.2. The molecule has 0 aromatic heterocycles. The Kier molecular flexibility index (Phi) is 11.7. The lowest BCUT2D eigenvalue weighted by atomic mass is 10.1. The van der Waals surface area contributed by atoms with Crippen molar-refractivity contribution in [1.82, 2.24) is 5.32 Å². The van der Waals surface area contributed by atoms with Gasteiger partial charge in [-0.05, 0) is 18.6 Å². The van der Waals surface area contributed by atoms with E-state index < -0.39 is 0 Å². The monoisotopic (exact) mass is 487 g/mol. The summed E-state index contributed by atoms with van der Waals surface area (Å²) in [5, 5.41) is 9.19. The first-order chi connectivity index (χ1) is 14.9. The average Bonchev–Trinajstić information content (AvgIpc) is 3.05. The van der Waals surface area contributed by atoms with Crippen molar-refractivity contribution in [1.29, 1.82) is 0 Å². The van der Waals surface area contributed by atoms with Crippen LogP contribution in [0, 0.1) is 0 Å². The molecule has 1 amide bonds. The highest BCUT2D eigenvalue weighted by molar-refractivity contribution is 6.45. The van der Waals surface area contributed by atoms with Crippen LogP contribution in [-0.4, -0.2) is 24.1 Å². The van der Waals surface area contributed by atoms with E-state index in [1.165, 1.54) is 68.5 Å². The van der Waals surface area contributed by atoms with Crippen LogP contribution in [-0.2, 0) is 9.59 Å². The molecule has 0 fully saturated rings.